The average Bonchev–Trinajstić information content (AvgIpc) is 3.27. The lowest BCUT2D eigenvalue weighted by Gasteiger charge is -2.18. The molecule has 0 radical (unpaired) electrons. The van der Waals surface area contributed by atoms with Crippen LogP contribution in [0.4, 0.5) is 0 Å². The molecule has 0 spiro atoms. The molecule has 0 amide bonds. The monoisotopic (exact) mass is 370 g/mol. The van der Waals surface area contributed by atoms with E-state index in [2.05, 4.69) is 13.5 Å². The van der Waals surface area contributed by atoms with Crippen LogP contribution in [0.5, 0.6) is 34.5 Å². The fourth-order valence-corrected chi connectivity index (χ4v) is 3.74. The molecule has 0 saturated carbocycles. The Morgan fingerprint density at radius 1 is 1.15 bits per heavy atom. The van der Waals surface area contributed by atoms with Gasteiger partial charge in [0.15, 0.2) is 23.0 Å². The minimum atomic E-state index is -0.251. The third-order valence-electron chi connectivity index (χ3n) is 5.11. The van der Waals surface area contributed by atoms with Gasteiger partial charge in [0, 0.05) is 22.6 Å². The maximum Gasteiger partial charge on any atom is 0.231 e. The number of phenolic OH excluding ortho intramolecular Hbond substituents is 1. The van der Waals surface area contributed by atoms with Gasteiger partial charge in [-0.2, -0.15) is 0 Å². The van der Waals surface area contributed by atoms with E-state index >= 15 is 0 Å². The summed E-state index contributed by atoms with van der Waals surface area (Å²) >= 11 is 0. The molecular formula is C21H22O6. The number of ether oxygens (including phenoxy) is 5. The first-order valence-electron chi connectivity index (χ1n) is 8.76. The number of benzene rings is 2. The van der Waals surface area contributed by atoms with E-state index in [1.165, 1.54) is 0 Å². The van der Waals surface area contributed by atoms with Crippen LogP contribution in [0.3, 0.4) is 0 Å². The largest absolute Gasteiger partial charge is 0.504 e. The van der Waals surface area contributed by atoms with Crippen molar-refractivity contribution >= 4 is 0 Å². The van der Waals surface area contributed by atoms with Gasteiger partial charge in [-0.25, -0.2) is 0 Å². The molecule has 2 aliphatic rings. The van der Waals surface area contributed by atoms with E-state index in [4.69, 9.17) is 23.7 Å². The van der Waals surface area contributed by atoms with Crippen molar-refractivity contribution in [2.45, 2.75) is 25.4 Å². The minimum Gasteiger partial charge on any atom is -0.504 e. The lowest BCUT2D eigenvalue weighted by atomic mass is 9.91. The maximum absolute atomic E-state index is 10.5. The third kappa shape index (κ3) is 2.63. The minimum absolute atomic E-state index is 0.0446. The summed E-state index contributed by atoms with van der Waals surface area (Å²) < 4.78 is 28.1. The zero-order valence-corrected chi connectivity index (χ0v) is 15.6. The molecule has 27 heavy (non-hydrogen) atoms. The average molecular weight is 370 g/mol. The topological polar surface area (TPSA) is 66.4 Å². The van der Waals surface area contributed by atoms with Crippen LogP contribution in [-0.4, -0.2) is 26.1 Å². The van der Waals surface area contributed by atoms with Gasteiger partial charge in [-0.15, -0.1) is 6.58 Å². The van der Waals surface area contributed by atoms with Crippen LogP contribution in [0.1, 0.15) is 35.6 Å². The van der Waals surface area contributed by atoms with Gasteiger partial charge in [0.1, 0.15) is 11.9 Å². The van der Waals surface area contributed by atoms with Crippen molar-refractivity contribution in [2.24, 2.45) is 0 Å². The number of phenols is 1. The first-order valence-corrected chi connectivity index (χ1v) is 8.76. The van der Waals surface area contributed by atoms with Crippen LogP contribution in [-0.2, 0) is 6.42 Å². The summed E-state index contributed by atoms with van der Waals surface area (Å²) in [5.74, 6) is 3.11. The number of allylic oxidation sites excluding steroid dienone is 1. The van der Waals surface area contributed by atoms with E-state index in [9.17, 15) is 5.11 Å². The Bertz CT molecular complexity index is 904. The first kappa shape index (κ1) is 17.4. The normalized spacial score (nSPS) is 19.4. The summed E-state index contributed by atoms with van der Waals surface area (Å²) in [5.41, 5.74) is 2.59. The summed E-state index contributed by atoms with van der Waals surface area (Å²) in [4.78, 5) is 0. The summed E-state index contributed by atoms with van der Waals surface area (Å²) in [6.07, 6.45) is 1.97. The summed E-state index contributed by atoms with van der Waals surface area (Å²) in [7, 11) is 3.14. The van der Waals surface area contributed by atoms with Crippen LogP contribution >= 0.6 is 0 Å². The first-order chi connectivity index (χ1) is 13.1. The highest BCUT2D eigenvalue weighted by Gasteiger charge is 2.37. The van der Waals surface area contributed by atoms with E-state index in [1.807, 2.05) is 18.2 Å². The molecule has 0 fully saturated rings. The van der Waals surface area contributed by atoms with Gasteiger partial charge in [0.2, 0.25) is 12.5 Å². The number of hydrogen-bond acceptors (Lipinski definition) is 6. The Balaban J connectivity index is 1.79. The maximum atomic E-state index is 10.5. The number of rotatable bonds is 5. The molecule has 0 aliphatic carbocycles. The predicted octanol–water partition coefficient (Wildman–Crippen LogP) is 4.10. The van der Waals surface area contributed by atoms with Crippen molar-refractivity contribution in [3.63, 3.8) is 0 Å². The SMILES string of the molecule is C=CCc1c(O)c(OC)cc2c1O[C@@H](c1cc(OC)c3c(c1)OCO3)[C@H]2C. The summed E-state index contributed by atoms with van der Waals surface area (Å²) in [5, 5.41) is 10.5. The van der Waals surface area contributed by atoms with Crippen LogP contribution in [0, 0.1) is 0 Å². The Kier molecular flexibility index (Phi) is 4.26. The Morgan fingerprint density at radius 2 is 1.93 bits per heavy atom. The van der Waals surface area contributed by atoms with E-state index in [-0.39, 0.29) is 24.6 Å². The van der Waals surface area contributed by atoms with Crippen molar-refractivity contribution in [3.05, 3.63) is 47.5 Å². The van der Waals surface area contributed by atoms with Gasteiger partial charge in [-0.1, -0.05) is 13.0 Å². The third-order valence-corrected chi connectivity index (χ3v) is 5.11. The smallest absolute Gasteiger partial charge is 0.231 e. The Labute approximate surface area is 157 Å². The second-order valence-electron chi connectivity index (χ2n) is 6.60. The van der Waals surface area contributed by atoms with Crippen molar-refractivity contribution in [3.8, 4) is 34.5 Å². The molecule has 0 unspecified atom stereocenters. The Morgan fingerprint density at radius 3 is 2.63 bits per heavy atom. The molecule has 4 rings (SSSR count). The van der Waals surface area contributed by atoms with E-state index in [0.29, 0.717) is 40.7 Å². The molecule has 6 heteroatoms. The zero-order valence-electron chi connectivity index (χ0n) is 15.6. The highest BCUT2D eigenvalue weighted by atomic mass is 16.7. The fraction of sp³-hybridized carbons (Fsp3) is 0.333. The molecule has 2 aromatic rings. The van der Waals surface area contributed by atoms with Gasteiger partial charge in [-0.05, 0) is 24.6 Å². The highest BCUT2D eigenvalue weighted by molar-refractivity contribution is 5.62. The van der Waals surface area contributed by atoms with E-state index in [0.717, 1.165) is 11.1 Å². The van der Waals surface area contributed by atoms with Crippen LogP contribution in [0.25, 0.3) is 0 Å². The fourth-order valence-electron chi connectivity index (χ4n) is 3.74. The van der Waals surface area contributed by atoms with Crippen molar-refractivity contribution in [1.29, 1.82) is 0 Å². The van der Waals surface area contributed by atoms with Gasteiger partial charge in [0.25, 0.3) is 0 Å². The molecular weight excluding hydrogens is 348 g/mol. The number of hydrogen-bond donors (Lipinski definition) is 1. The number of aromatic hydroxyl groups is 1. The van der Waals surface area contributed by atoms with Gasteiger partial charge >= 0.3 is 0 Å². The zero-order chi connectivity index (χ0) is 19.1. The predicted molar refractivity (Wildman–Crippen MR) is 99.5 cm³/mol. The lowest BCUT2D eigenvalue weighted by Crippen LogP contribution is -2.07. The molecule has 0 bridgehead atoms. The molecule has 0 saturated heterocycles. The number of methoxy groups -OCH3 is 2. The van der Waals surface area contributed by atoms with Crippen LogP contribution in [0.15, 0.2) is 30.9 Å². The molecule has 2 aliphatic heterocycles. The lowest BCUT2D eigenvalue weighted by molar-refractivity contribution is 0.171. The molecule has 1 N–H and O–H groups in total. The molecule has 2 aromatic carbocycles. The molecule has 6 nitrogen and oxygen atoms in total. The standard InChI is InChI=1S/C21H22O6/c1-5-6-13-18(22)15(23-3)9-14-11(2)19(27-20(13)14)12-7-16(24-4)21-17(8-12)25-10-26-21/h5,7-9,11,19,22H,1,6,10H2,2-4H3/t11-,19+/m0/s1. The van der Waals surface area contributed by atoms with E-state index < -0.39 is 0 Å². The molecule has 142 valence electrons. The van der Waals surface area contributed by atoms with Gasteiger partial charge in [-0.3, -0.25) is 0 Å². The molecule has 2 heterocycles. The van der Waals surface area contributed by atoms with Crippen molar-refractivity contribution in [1.82, 2.24) is 0 Å². The summed E-state index contributed by atoms with van der Waals surface area (Å²) in [6, 6.07) is 5.67. The Hall–Kier alpha value is -3.02. The second kappa shape index (κ2) is 6.61. The van der Waals surface area contributed by atoms with E-state index in [1.54, 1.807) is 20.3 Å². The number of fused-ring (bicyclic) bond motifs is 2. The molecule has 2 atom stereocenters. The second-order valence-corrected chi connectivity index (χ2v) is 6.60. The highest BCUT2D eigenvalue weighted by Crippen LogP contribution is 2.54. The van der Waals surface area contributed by atoms with Gasteiger partial charge in [0.05, 0.1) is 14.2 Å². The quantitative estimate of drug-likeness (QED) is 0.799. The van der Waals surface area contributed by atoms with Crippen molar-refractivity contribution in [2.75, 3.05) is 21.0 Å². The summed E-state index contributed by atoms with van der Waals surface area (Å²) in [6.45, 7) is 6.04. The molecule has 0 aromatic heterocycles. The van der Waals surface area contributed by atoms with Gasteiger partial charge < -0.3 is 28.8 Å². The van der Waals surface area contributed by atoms with Crippen molar-refractivity contribution < 1.29 is 28.8 Å². The van der Waals surface area contributed by atoms with Crippen LogP contribution < -0.4 is 23.7 Å². The van der Waals surface area contributed by atoms with Crippen LogP contribution in [0.2, 0.25) is 0 Å².